The topological polar surface area (TPSA) is 58.2 Å². The standard InChI is InChI=1S/C14H16Cl2N2O2/c15-11-5-1-9(7-12(11)16)2-6-13(19)17-8-14(20)18-10-3-4-10/h1,5,7,10H,2-4,6,8H2,(H,17,19)(H,18,20). The van der Waals surface area contributed by atoms with Crippen LogP contribution < -0.4 is 10.6 Å². The molecule has 0 saturated heterocycles. The first-order chi connectivity index (χ1) is 9.54. The van der Waals surface area contributed by atoms with Gasteiger partial charge in [0, 0.05) is 12.5 Å². The van der Waals surface area contributed by atoms with E-state index in [0.29, 0.717) is 28.9 Å². The fraction of sp³-hybridized carbons (Fsp3) is 0.429. The monoisotopic (exact) mass is 314 g/mol. The lowest BCUT2D eigenvalue weighted by Crippen LogP contribution is -2.37. The number of benzene rings is 1. The molecule has 0 unspecified atom stereocenters. The Morgan fingerprint density at radius 2 is 1.90 bits per heavy atom. The molecule has 0 heterocycles. The predicted molar refractivity (Wildman–Crippen MR) is 79.0 cm³/mol. The van der Waals surface area contributed by atoms with Crippen molar-refractivity contribution >= 4 is 35.0 Å². The summed E-state index contributed by atoms with van der Waals surface area (Å²) in [5.74, 6) is -0.280. The molecule has 1 aliphatic rings. The number of nitrogens with one attached hydrogen (secondary N) is 2. The Bertz CT molecular complexity index is 516. The summed E-state index contributed by atoms with van der Waals surface area (Å²) in [6.07, 6.45) is 2.95. The van der Waals surface area contributed by atoms with E-state index < -0.39 is 0 Å². The Morgan fingerprint density at radius 3 is 2.55 bits per heavy atom. The maximum Gasteiger partial charge on any atom is 0.239 e. The molecular formula is C14H16Cl2N2O2. The quantitative estimate of drug-likeness (QED) is 0.846. The Balaban J connectivity index is 1.68. The number of rotatable bonds is 6. The third-order valence-electron chi connectivity index (χ3n) is 3.01. The summed E-state index contributed by atoms with van der Waals surface area (Å²) in [5, 5.41) is 6.39. The number of carbonyl (C=O) groups excluding carboxylic acids is 2. The van der Waals surface area contributed by atoms with Crippen molar-refractivity contribution in [1.29, 1.82) is 0 Å². The molecule has 1 saturated carbocycles. The van der Waals surface area contributed by atoms with Crippen molar-refractivity contribution in [2.24, 2.45) is 0 Å². The molecule has 6 heteroatoms. The summed E-state index contributed by atoms with van der Waals surface area (Å²) in [6.45, 7) is 0.0384. The van der Waals surface area contributed by atoms with Crippen LogP contribution in [0.2, 0.25) is 10.0 Å². The van der Waals surface area contributed by atoms with Gasteiger partial charge in [-0.1, -0.05) is 29.3 Å². The average Bonchev–Trinajstić information content (AvgIpc) is 3.21. The largest absolute Gasteiger partial charge is 0.352 e. The second-order valence-electron chi connectivity index (χ2n) is 4.87. The molecule has 0 spiro atoms. The van der Waals surface area contributed by atoms with Gasteiger partial charge in [-0.25, -0.2) is 0 Å². The molecule has 2 rings (SSSR count). The Morgan fingerprint density at radius 1 is 1.15 bits per heavy atom. The molecule has 1 aliphatic carbocycles. The van der Waals surface area contributed by atoms with E-state index >= 15 is 0 Å². The number of hydrogen-bond donors (Lipinski definition) is 2. The van der Waals surface area contributed by atoms with E-state index in [1.54, 1.807) is 12.1 Å². The summed E-state index contributed by atoms with van der Waals surface area (Å²) >= 11 is 11.7. The SMILES string of the molecule is O=C(CCc1ccc(Cl)c(Cl)c1)NCC(=O)NC1CC1. The van der Waals surface area contributed by atoms with Crippen LogP contribution in [0.4, 0.5) is 0 Å². The van der Waals surface area contributed by atoms with Crippen LogP contribution >= 0.6 is 23.2 Å². The minimum atomic E-state index is -0.151. The molecule has 0 aromatic heterocycles. The number of aryl methyl sites for hydroxylation is 1. The Hall–Kier alpha value is -1.26. The molecule has 2 N–H and O–H groups in total. The zero-order valence-corrected chi connectivity index (χ0v) is 12.4. The second-order valence-corrected chi connectivity index (χ2v) is 5.68. The minimum absolute atomic E-state index is 0.0384. The van der Waals surface area contributed by atoms with Crippen molar-refractivity contribution in [3.63, 3.8) is 0 Å². The third-order valence-corrected chi connectivity index (χ3v) is 3.75. The first-order valence-corrected chi connectivity index (χ1v) is 7.30. The molecular weight excluding hydrogens is 299 g/mol. The molecule has 108 valence electrons. The van der Waals surface area contributed by atoms with Crippen molar-refractivity contribution in [3.8, 4) is 0 Å². The van der Waals surface area contributed by atoms with Gasteiger partial charge in [-0.2, -0.15) is 0 Å². The highest BCUT2D eigenvalue weighted by molar-refractivity contribution is 6.42. The summed E-state index contributed by atoms with van der Waals surface area (Å²) in [7, 11) is 0. The molecule has 20 heavy (non-hydrogen) atoms. The van der Waals surface area contributed by atoms with Gasteiger partial charge in [0.2, 0.25) is 11.8 Å². The van der Waals surface area contributed by atoms with Gasteiger partial charge in [0.05, 0.1) is 16.6 Å². The van der Waals surface area contributed by atoms with Gasteiger partial charge in [0.1, 0.15) is 0 Å². The second kappa shape index (κ2) is 6.95. The van der Waals surface area contributed by atoms with Crippen LogP contribution in [0.5, 0.6) is 0 Å². The minimum Gasteiger partial charge on any atom is -0.352 e. The molecule has 2 amide bonds. The van der Waals surface area contributed by atoms with Gasteiger partial charge in [0.15, 0.2) is 0 Å². The normalized spacial score (nSPS) is 13.9. The van der Waals surface area contributed by atoms with Crippen LogP contribution in [0.1, 0.15) is 24.8 Å². The highest BCUT2D eigenvalue weighted by Crippen LogP contribution is 2.23. The number of carbonyl (C=O) groups is 2. The smallest absolute Gasteiger partial charge is 0.239 e. The summed E-state index contributed by atoms with van der Waals surface area (Å²) in [6, 6.07) is 5.61. The molecule has 4 nitrogen and oxygen atoms in total. The van der Waals surface area contributed by atoms with Gasteiger partial charge >= 0.3 is 0 Å². The van der Waals surface area contributed by atoms with E-state index in [-0.39, 0.29) is 18.4 Å². The Kier molecular flexibility index (Phi) is 5.26. The first kappa shape index (κ1) is 15.1. The Labute approximate surface area is 127 Å². The van der Waals surface area contributed by atoms with Gasteiger partial charge in [-0.05, 0) is 37.0 Å². The van der Waals surface area contributed by atoms with Crippen molar-refractivity contribution in [2.45, 2.75) is 31.7 Å². The number of amides is 2. The van der Waals surface area contributed by atoms with Gasteiger partial charge in [0.25, 0.3) is 0 Å². The molecule has 1 fully saturated rings. The van der Waals surface area contributed by atoms with Crippen molar-refractivity contribution in [1.82, 2.24) is 10.6 Å². The van der Waals surface area contributed by atoms with Crippen LogP contribution in [0.3, 0.4) is 0 Å². The van der Waals surface area contributed by atoms with Crippen LogP contribution in [-0.2, 0) is 16.0 Å². The van der Waals surface area contributed by atoms with Crippen molar-refractivity contribution in [3.05, 3.63) is 33.8 Å². The highest BCUT2D eigenvalue weighted by atomic mass is 35.5. The van der Waals surface area contributed by atoms with Crippen LogP contribution in [0, 0.1) is 0 Å². The molecule has 1 aromatic rings. The molecule has 0 aliphatic heterocycles. The van der Waals surface area contributed by atoms with Crippen LogP contribution in [-0.4, -0.2) is 24.4 Å². The maximum atomic E-state index is 11.6. The molecule has 0 radical (unpaired) electrons. The summed E-state index contributed by atoms with van der Waals surface area (Å²) < 4.78 is 0. The summed E-state index contributed by atoms with van der Waals surface area (Å²) in [4.78, 5) is 23.0. The van der Waals surface area contributed by atoms with E-state index in [1.165, 1.54) is 0 Å². The lowest BCUT2D eigenvalue weighted by atomic mass is 10.1. The molecule has 1 aromatic carbocycles. The zero-order valence-electron chi connectivity index (χ0n) is 10.9. The lowest BCUT2D eigenvalue weighted by molar-refractivity contribution is -0.126. The van der Waals surface area contributed by atoms with E-state index in [2.05, 4.69) is 10.6 Å². The van der Waals surface area contributed by atoms with E-state index in [9.17, 15) is 9.59 Å². The highest BCUT2D eigenvalue weighted by Gasteiger charge is 2.23. The van der Waals surface area contributed by atoms with Gasteiger partial charge in [-0.3, -0.25) is 9.59 Å². The van der Waals surface area contributed by atoms with Crippen molar-refractivity contribution in [2.75, 3.05) is 6.54 Å². The summed E-state index contributed by atoms with van der Waals surface area (Å²) in [5.41, 5.74) is 0.942. The maximum absolute atomic E-state index is 11.6. The first-order valence-electron chi connectivity index (χ1n) is 6.54. The van der Waals surface area contributed by atoms with Crippen LogP contribution in [0.25, 0.3) is 0 Å². The molecule has 0 bridgehead atoms. The van der Waals surface area contributed by atoms with Gasteiger partial charge in [-0.15, -0.1) is 0 Å². The van der Waals surface area contributed by atoms with Crippen LogP contribution in [0.15, 0.2) is 18.2 Å². The number of hydrogen-bond acceptors (Lipinski definition) is 2. The lowest BCUT2D eigenvalue weighted by Gasteiger charge is -2.06. The zero-order chi connectivity index (χ0) is 14.5. The van der Waals surface area contributed by atoms with Gasteiger partial charge < -0.3 is 10.6 Å². The molecule has 0 atom stereocenters. The third kappa shape index (κ3) is 5.02. The predicted octanol–water partition coefficient (Wildman–Crippen LogP) is 2.32. The van der Waals surface area contributed by atoms with E-state index in [0.717, 1.165) is 18.4 Å². The average molecular weight is 315 g/mol. The fourth-order valence-electron chi connectivity index (χ4n) is 1.73. The van der Waals surface area contributed by atoms with E-state index in [1.807, 2.05) is 6.07 Å². The van der Waals surface area contributed by atoms with Crippen molar-refractivity contribution < 1.29 is 9.59 Å². The fourth-order valence-corrected chi connectivity index (χ4v) is 2.05. The number of halogens is 2. The van der Waals surface area contributed by atoms with E-state index in [4.69, 9.17) is 23.2 Å².